The Hall–Kier alpha value is -2.11. The van der Waals surface area contributed by atoms with Crippen LogP contribution >= 0.6 is 0 Å². The molecule has 0 saturated carbocycles. The topological polar surface area (TPSA) is 35.8 Å². The van der Waals surface area contributed by atoms with Crippen molar-refractivity contribution in [2.24, 2.45) is 0 Å². The molecule has 1 aliphatic rings. The van der Waals surface area contributed by atoms with Crippen LogP contribution in [0.1, 0.15) is 29.0 Å². The molecule has 2 heteroatoms. The van der Waals surface area contributed by atoms with Gasteiger partial charge in [0.05, 0.1) is 12.0 Å². The molecule has 21 heavy (non-hydrogen) atoms. The molecule has 0 aliphatic heterocycles. The lowest BCUT2D eigenvalue weighted by molar-refractivity contribution is 0.453. The zero-order valence-electron chi connectivity index (χ0n) is 12.1. The maximum absolute atomic E-state index is 9.38. The highest BCUT2D eigenvalue weighted by Crippen LogP contribution is 2.22. The second-order valence-electron chi connectivity index (χ2n) is 5.71. The quantitative estimate of drug-likeness (QED) is 0.928. The number of aryl methyl sites for hydroxylation is 1. The van der Waals surface area contributed by atoms with Gasteiger partial charge in [-0.1, -0.05) is 54.6 Å². The van der Waals surface area contributed by atoms with Crippen molar-refractivity contribution in [1.82, 2.24) is 5.32 Å². The van der Waals surface area contributed by atoms with E-state index in [1.165, 1.54) is 11.1 Å². The molecule has 2 nitrogen and oxygen atoms in total. The van der Waals surface area contributed by atoms with E-state index in [0.29, 0.717) is 6.04 Å². The Morgan fingerprint density at radius 3 is 2.52 bits per heavy atom. The third kappa shape index (κ3) is 3.32. The summed E-state index contributed by atoms with van der Waals surface area (Å²) in [6.07, 6.45) is 3.36. The summed E-state index contributed by atoms with van der Waals surface area (Å²) >= 11 is 0. The smallest absolute Gasteiger partial charge is 0.0837 e. The molecule has 2 aromatic rings. The van der Waals surface area contributed by atoms with Gasteiger partial charge in [0, 0.05) is 12.6 Å². The highest BCUT2D eigenvalue weighted by Gasteiger charge is 2.19. The molecule has 2 aromatic carbocycles. The molecule has 0 radical (unpaired) electrons. The van der Waals surface area contributed by atoms with Gasteiger partial charge in [0.2, 0.25) is 0 Å². The number of fused-ring (bicyclic) bond motifs is 1. The molecule has 0 heterocycles. The fourth-order valence-corrected chi connectivity index (χ4v) is 3.08. The Bertz CT molecular complexity index is 628. The van der Waals surface area contributed by atoms with Crippen molar-refractivity contribution in [3.63, 3.8) is 0 Å². The van der Waals surface area contributed by atoms with Crippen LogP contribution in [0.25, 0.3) is 0 Å². The van der Waals surface area contributed by atoms with E-state index in [1.54, 1.807) is 0 Å². The highest BCUT2D eigenvalue weighted by atomic mass is 14.9. The normalized spacial score (nSPS) is 18.5. The van der Waals surface area contributed by atoms with Gasteiger partial charge in [0.15, 0.2) is 0 Å². The van der Waals surface area contributed by atoms with Crippen molar-refractivity contribution in [3.8, 4) is 6.07 Å². The number of benzene rings is 2. The van der Waals surface area contributed by atoms with E-state index >= 15 is 0 Å². The summed E-state index contributed by atoms with van der Waals surface area (Å²) in [5, 5.41) is 13.0. The third-order valence-electron chi connectivity index (χ3n) is 4.32. The van der Waals surface area contributed by atoms with Crippen LogP contribution in [0.2, 0.25) is 0 Å². The van der Waals surface area contributed by atoms with Gasteiger partial charge in [-0.2, -0.15) is 5.26 Å². The van der Waals surface area contributed by atoms with Gasteiger partial charge < -0.3 is 5.32 Å². The van der Waals surface area contributed by atoms with E-state index in [0.717, 1.165) is 31.4 Å². The monoisotopic (exact) mass is 276 g/mol. The Labute approximate surface area is 126 Å². The van der Waals surface area contributed by atoms with Gasteiger partial charge in [0.25, 0.3) is 0 Å². The summed E-state index contributed by atoms with van der Waals surface area (Å²) in [4.78, 5) is 0. The van der Waals surface area contributed by atoms with Crippen LogP contribution in [-0.4, -0.2) is 12.6 Å². The van der Waals surface area contributed by atoms with Gasteiger partial charge in [-0.15, -0.1) is 0 Å². The van der Waals surface area contributed by atoms with Crippen LogP contribution in [0.5, 0.6) is 0 Å². The Kier molecular flexibility index (Phi) is 4.33. The van der Waals surface area contributed by atoms with Gasteiger partial charge in [-0.25, -0.2) is 0 Å². The van der Waals surface area contributed by atoms with Crippen LogP contribution in [0.4, 0.5) is 0 Å². The first-order valence-corrected chi connectivity index (χ1v) is 7.61. The molecule has 3 rings (SSSR count). The van der Waals surface area contributed by atoms with Crippen LogP contribution in [0.3, 0.4) is 0 Å². The fourth-order valence-electron chi connectivity index (χ4n) is 3.08. The van der Waals surface area contributed by atoms with E-state index in [2.05, 4.69) is 35.7 Å². The van der Waals surface area contributed by atoms with E-state index in [1.807, 2.05) is 30.3 Å². The van der Waals surface area contributed by atoms with Crippen LogP contribution < -0.4 is 5.32 Å². The van der Waals surface area contributed by atoms with E-state index in [-0.39, 0.29) is 5.92 Å². The van der Waals surface area contributed by atoms with E-state index in [9.17, 15) is 5.26 Å². The summed E-state index contributed by atoms with van der Waals surface area (Å²) in [6.45, 7) is 0.730. The Morgan fingerprint density at radius 2 is 1.76 bits per heavy atom. The highest BCUT2D eigenvalue weighted by molar-refractivity contribution is 5.30. The van der Waals surface area contributed by atoms with Crippen LogP contribution in [-0.2, 0) is 12.8 Å². The van der Waals surface area contributed by atoms with E-state index < -0.39 is 0 Å². The molecule has 0 aromatic heterocycles. The molecular formula is C19H20N2. The molecule has 0 fully saturated rings. The molecule has 0 saturated heterocycles. The van der Waals surface area contributed by atoms with Crippen LogP contribution in [0.15, 0.2) is 54.6 Å². The number of nitriles is 1. The molecular weight excluding hydrogens is 256 g/mol. The van der Waals surface area contributed by atoms with Crippen molar-refractivity contribution in [1.29, 1.82) is 5.26 Å². The number of nitrogens with zero attached hydrogens (tertiary/aromatic N) is 1. The molecule has 106 valence electrons. The van der Waals surface area contributed by atoms with Crippen molar-refractivity contribution in [2.45, 2.75) is 31.2 Å². The number of hydrogen-bond acceptors (Lipinski definition) is 2. The second kappa shape index (κ2) is 6.56. The minimum absolute atomic E-state index is 0.0663. The molecule has 0 amide bonds. The lowest BCUT2D eigenvalue weighted by Crippen LogP contribution is -2.36. The largest absolute Gasteiger partial charge is 0.312 e. The van der Waals surface area contributed by atoms with Gasteiger partial charge in [0.1, 0.15) is 0 Å². The van der Waals surface area contributed by atoms with Crippen molar-refractivity contribution < 1.29 is 0 Å². The Balaban J connectivity index is 1.60. The summed E-state index contributed by atoms with van der Waals surface area (Å²) in [6, 6.07) is 21.6. The first kappa shape index (κ1) is 13.9. The van der Waals surface area contributed by atoms with Crippen molar-refractivity contribution >= 4 is 0 Å². The SMILES string of the molecule is N#CC(CNC1CCc2ccccc2C1)c1ccccc1. The minimum Gasteiger partial charge on any atom is -0.312 e. The predicted octanol–water partition coefficient (Wildman–Crippen LogP) is 3.44. The number of nitrogens with one attached hydrogen (secondary N) is 1. The zero-order valence-corrected chi connectivity index (χ0v) is 12.1. The predicted molar refractivity (Wildman–Crippen MR) is 85.1 cm³/mol. The lowest BCUT2D eigenvalue weighted by atomic mass is 9.88. The average molecular weight is 276 g/mol. The van der Waals surface area contributed by atoms with Crippen molar-refractivity contribution in [3.05, 3.63) is 71.3 Å². The third-order valence-corrected chi connectivity index (χ3v) is 4.32. The standard InChI is InChI=1S/C19H20N2/c20-13-18(15-6-2-1-3-7-15)14-21-19-11-10-16-8-4-5-9-17(16)12-19/h1-9,18-19,21H,10-12,14H2. The second-order valence-corrected chi connectivity index (χ2v) is 5.71. The lowest BCUT2D eigenvalue weighted by Gasteiger charge is -2.26. The Morgan fingerprint density at radius 1 is 1.05 bits per heavy atom. The first-order valence-electron chi connectivity index (χ1n) is 7.61. The summed E-state index contributed by atoms with van der Waals surface area (Å²) in [5.41, 5.74) is 4.04. The fraction of sp³-hybridized carbons (Fsp3) is 0.316. The van der Waals surface area contributed by atoms with E-state index in [4.69, 9.17) is 0 Å². The summed E-state index contributed by atoms with van der Waals surface area (Å²) in [7, 11) is 0. The molecule has 2 atom stereocenters. The van der Waals surface area contributed by atoms with Crippen LogP contribution in [0, 0.1) is 11.3 Å². The first-order chi connectivity index (χ1) is 10.4. The maximum atomic E-state index is 9.38. The molecule has 0 bridgehead atoms. The zero-order chi connectivity index (χ0) is 14.5. The minimum atomic E-state index is -0.0663. The van der Waals surface area contributed by atoms with Gasteiger partial charge in [-0.05, 0) is 36.0 Å². The van der Waals surface area contributed by atoms with Gasteiger partial charge >= 0.3 is 0 Å². The molecule has 0 spiro atoms. The molecule has 1 aliphatic carbocycles. The van der Waals surface area contributed by atoms with Crippen molar-refractivity contribution in [2.75, 3.05) is 6.54 Å². The number of rotatable bonds is 4. The summed E-state index contributed by atoms with van der Waals surface area (Å²) < 4.78 is 0. The average Bonchev–Trinajstić information content (AvgIpc) is 2.56. The molecule has 1 N–H and O–H groups in total. The summed E-state index contributed by atoms with van der Waals surface area (Å²) in [5.74, 6) is -0.0663. The maximum Gasteiger partial charge on any atom is 0.0837 e. The number of hydrogen-bond donors (Lipinski definition) is 1. The van der Waals surface area contributed by atoms with Gasteiger partial charge in [-0.3, -0.25) is 0 Å². The molecule has 2 unspecified atom stereocenters.